The van der Waals surface area contributed by atoms with Crippen molar-refractivity contribution in [3.8, 4) is 0 Å². The average molecular weight is 405 g/mol. The molecule has 0 atom stereocenters. The highest BCUT2D eigenvalue weighted by molar-refractivity contribution is 9.11. The second kappa shape index (κ2) is 6.99. The Morgan fingerprint density at radius 2 is 2.05 bits per heavy atom. The molecule has 0 aliphatic rings. The molecule has 0 bridgehead atoms. The Morgan fingerprint density at radius 1 is 1.32 bits per heavy atom. The topological polar surface area (TPSA) is 86.5 Å². The molecule has 0 aliphatic carbocycles. The number of hydrogen-bond donors (Lipinski definition) is 0. The Hall–Kier alpha value is -1.77. The maximum atomic E-state index is 11.9. The van der Waals surface area contributed by atoms with Crippen LogP contribution in [0.5, 0.6) is 0 Å². The van der Waals surface area contributed by atoms with Crippen LogP contribution in [0.15, 0.2) is 34.1 Å². The number of halogens is 2. The number of benzene rings is 1. The van der Waals surface area contributed by atoms with Gasteiger partial charge in [0.2, 0.25) is 5.78 Å². The van der Waals surface area contributed by atoms with E-state index in [1.54, 1.807) is 12.1 Å². The van der Waals surface area contributed by atoms with Crippen LogP contribution in [-0.4, -0.2) is 23.3 Å². The molecule has 0 aliphatic heterocycles. The Bertz CT molecular complexity index is 761. The van der Waals surface area contributed by atoms with Gasteiger partial charge in [0.15, 0.2) is 6.61 Å². The lowest BCUT2D eigenvalue weighted by Crippen LogP contribution is -2.14. The van der Waals surface area contributed by atoms with Crippen molar-refractivity contribution < 1.29 is 19.2 Å². The highest BCUT2D eigenvalue weighted by atomic mass is 79.9. The van der Waals surface area contributed by atoms with E-state index in [4.69, 9.17) is 16.3 Å². The molecule has 114 valence electrons. The van der Waals surface area contributed by atoms with Gasteiger partial charge in [0.1, 0.15) is 5.56 Å². The van der Waals surface area contributed by atoms with Gasteiger partial charge >= 0.3 is 5.97 Å². The van der Waals surface area contributed by atoms with E-state index in [-0.39, 0.29) is 10.6 Å². The smallest absolute Gasteiger partial charge is 0.345 e. The summed E-state index contributed by atoms with van der Waals surface area (Å²) in [5.41, 5.74) is -0.724. The first kappa shape index (κ1) is 16.6. The van der Waals surface area contributed by atoms with Gasteiger partial charge in [-0.05, 0) is 40.2 Å². The van der Waals surface area contributed by atoms with E-state index in [9.17, 15) is 19.7 Å². The minimum absolute atomic E-state index is 0.158. The van der Waals surface area contributed by atoms with Crippen molar-refractivity contribution in [2.75, 3.05) is 6.61 Å². The lowest BCUT2D eigenvalue weighted by molar-refractivity contribution is -0.385. The van der Waals surface area contributed by atoms with Gasteiger partial charge in [0.25, 0.3) is 5.69 Å². The molecule has 0 N–H and O–H groups in total. The van der Waals surface area contributed by atoms with Crippen LogP contribution < -0.4 is 0 Å². The van der Waals surface area contributed by atoms with Crippen LogP contribution in [0.3, 0.4) is 0 Å². The fourth-order valence-corrected chi connectivity index (χ4v) is 3.06. The van der Waals surface area contributed by atoms with E-state index in [0.717, 1.165) is 15.9 Å². The zero-order valence-electron chi connectivity index (χ0n) is 10.7. The van der Waals surface area contributed by atoms with Crippen molar-refractivity contribution in [2.45, 2.75) is 0 Å². The molecule has 0 amide bonds. The highest BCUT2D eigenvalue weighted by Crippen LogP contribution is 2.24. The molecular weight excluding hydrogens is 398 g/mol. The standard InChI is InChI=1S/C13H7BrClNO5S/c14-12-4-3-11(22-12)10(17)6-21-13(18)8-5-7(15)1-2-9(8)16(19)20/h1-5H,6H2. The number of ether oxygens (including phenoxy) is 1. The molecular formula is C13H7BrClNO5S. The molecule has 2 rings (SSSR count). The molecule has 6 nitrogen and oxygen atoms in total. The van der Waals surface area contributed by atoms with Crippen molar-refractivity contribution >= 4 is 56.3 Å². The van der Waals surface area contributed by atoms with Crippen LogP contribution in [0.25, 0.3) is 0 Å². The van der Waals surface area contributed by atoms with Crippen LogP contribution in [0, 0.1) is 10.1 Å². The summed E-state index contributed by atoms with van der Waals surface area (Å²) in [4.78, 5) is 34.3. The van der Waals surface area contributed by atoms with E-state index < -0.39 is 29.0 Å². The second-order valence-electron chi connectivity index (χ2n) is 4.02. The van der Waals surface area contributed by atoms with Gasteiger partial charge in [-0.3, -0.25) is 14.9 Å². The normalized spacial score (nSPS) is 10.3. The first-order valence-corrected chi connectivity index (χ1v) is 7.77. The number of nitro groups is 1. The second-order valence-corrected chi connectivity index (χ2v) is 6.92. The van der Waals surface area contributed by atoms with Crippen molar-refractivity contribution in [2.24, 2.45) is 0 Å². The summed E-state index contributed by atoms with van der Waals surface area (Å²) in [6, 6.07) is 6.82. The molecule has 0 fully saturated rings. The minimum atomic E-state index is -0.974. The van der Waals surface area contributed by atoms with Crippen molar-refractivity contribution in [3.63, 3.8) is 0 Å². The first-order chi connectivity index (χ1) is 10.4. The lowest BCUT2D eigenvalue weighted by Gasteiger charge is -2.04. The van der Waals surface area contributed by atoms with Crippen LogP contribution in [0.4, 0.5) is 5.69 Å². The number of Topliss-reactive ketones (excluding diaryl/α,β-unsaturated/α-hetero) is 1. The molecule has 1 heterocycles. The number of ketones is 1. The Kier molecular flexibility index (Phi) is 5.28. The summed E-state index contributed by atoms with van der Waals surface area (Å²) in [7, 11) is 0. The minimum Gasteiger partial charge on any atom is -0.453 e. The SMILES string of the molecule is O=C(COC(=O)c1cc(Cl)ccc1[N+](=O)[O-])c1ccc(Br)s1. The number of nitro benzene ring substituents is 1. The van der Waals surface area contributed by atoms with E-state index >= 15 is 0 Å². The van der Waals surface area contributed by atoms with Crippen LogP contribution in [0.1, 0.15) is 20.0 Å². The van der Waals surface area contributed by atoms with Crippen molar-refractivity contribution in [3.05, 3.63) is 59.7 Å². The zero-order chi connectivity index (χ0) is 16.3. The summed E-state index contributed by atoms with van der Waals surface area (Å²) in [5.74, 6) is -1.37. The molecule has 1 aromatic heterocycles. The predicted molar refractivity (Wildman–Crippen MR) is 84.7 cm³/mol. The number of carbonyl (C=O) groups is 2. The van der Waals surface area contributed by atoms with E-state index in [2.05, 4.69) is 15.9 Å². The third-order valence-electron chi connectivity index (χ3n) is 2.56. The van der Waals surface area contributed by atoms with Crippen molar-refractivity contribution in [1.29, 1.82) is 0 Å². The van der Waals surface area contributed by atoms with Gasteiger partial charge in [-0.15, -0.1) is 11.3 Å². The Labute approximate surface area is 141 Å². The van der Waals surface area contributed by atoms with Crippen LogP contribution >= 0.6 is 38.9 Å². The van der Waals surface area contributed by atoms with Crippen LogP contribution in [-0.2, 0) is 4.74 Å². The number of carbonyl (C=O) groups excluding carboxylic acids is 2. The maximum absolute atomic E-state index is 11.9. The lowest BCUT2D eigenvalue weighted by atomic mass is 10.2. The number of rotatable bonds is 5. The van der Waals surface area contributed by atoms with Gasteiger partial charge in [0.05, 0.1) is 13.6 Å². The summed E-state index contributed by atoms with van der Waals surface area (Å²) in [5, 5.41) is 11.0. The number of thiophene rings is 1. The summed E-state index contributed by atoms with van der Waals surface area (Å²) in [6.45, 7) is -0.505. The van der Waals surface area contributed by atoms with Crippen LogP contribution in [0.2, 0.25) is 5.02 Å². The van der Waals surface area contributed by atoms with E-state index in [1.165, 1.54) is 17.4 Å². The molecule has 1 aromatic carbocycles. The summed E-state index contributed by atoms with van der Waals surface area (Å²) < 4.78 is 5.61. The summed E-state index contributed by atoms with van der Waals surface area (Å²) in [6.07, 6.45) is 0. The fourth-order valence-electron chi connectivity index (χ4n) is 1.58. The monoisotopic (exact) mass is 403 g/mol. The molecule has 0 radical (unpaired) electrons. The van der Waals surface area contributed by atoms with Gasteiger partial charge in [0, 0.05) is 11.1 Å². The zero-order valence-corrected chi connectivity index (χ0v) is 13.9. The largest absolute Gasteiger partial charge is 0.453 e. The molecule has 0 unspecified atom stereocenters. The quantitative estimate of drug-likeness (QED) is 0.324. The molecule has 0 spiro atoms. The molecule has 2 aromatic rings. The highest BCUT2D eigenvalue weighted by Gasteiger charge is 2.23. The first-order valence-electron chi connectivity index (χ1n) is 5.78. The van der Waals surface area contributed by atoms with Gasteiger partial charge < -0.3 is 4.74 Å². The molecule has 22 heavy (non-hydrogen) atoms. The Morgan fingerprint density at radius 3 is 2.64 bits per heavy atom. The third-order valence-corrected chi connectivity index (χ3v) is 4.46. The molecule has 9 heteroatoms. The number of nitrogens with zero attached hydrogens (tertiary/aromatic N) is 1. The van der Waals surface area contributed by atoms with E-state index in [1.807, 2.05) is 0 Å². The fraction of sp³-hybridized carbons (Fsp3) is 0.0769. The number of esters is 1. The third kappa shape index (κ3) is 3.90. The predicted octanol–water partition coefficient (Wildman–Crippen LogP) is 4.11. The average Bonchev–Trinajstić information content (AvgIpc) is 2.90. The number of hydrogen-bond acceptors (Lipinski definition) is 6. The molecule has 0 saturated heterocycles. The summed E-state index contributed by atoms with van der Waals surface area (Å²) >= 11 is 10.1. The van der Waals surface area contributed by atoms with Gasteiger partial charge in [-0.25, -0.2) is 4.79 Å². The van der Waals surface area contributed by atoms with Gasteiger partial charge in [-0.1, -0.05) is 11.6 Å². The molecule has 0 saturated carbocycles. The van der Waals surface area contributed by atoms with E-state index in [0.29, 0.717) is 4.88 Å². The van der Waals surface area contributed by atoms with Crippen molar-refractivity contribution in [1.82, 2.24) is 0 Å². The maximum Gasteiger partial charge on any atom is 0.345 e. The Balaban J connectivity index is 2.11. The van der Waals surface area contributed by atoms with Gasteiger partial charge in [-0.2, -0.15) is 0 Å².